The van der Waals surface area contributed by atoms with Crippen LogP contribution in [0.5, 0.6) is 5.75 Å². The van der Waals surface area contributed by atoms with E-state index in [1.54, 1.807) is 56.5 Å². The summed E-state index contributed by atoms with van der Waals surface area (Å²) in [5.41, 5.74) is 0.692. The Balaban J connectivity index is 1.58. The summed E-state index contributed by atoms with van der Waals surface area (Å²) in [5.74, 6) is 0.0819. The zero-order valence-electron chi connectivity index (χ0n) is 15.9. The molecule has 0 bridgehead atoms. The topological polar surface area (TPSA) is 109 Å². The number of rotatable bonds is 8. The van der Waals surface area contributed by atoms with Crippen LogP contribution >= 0.6 is 0 Å². The first kappa shape index (κ1) is 20.5. The van der Waals surface area contributed by atoms with Gasteiger partial charge < -0.3 is 13.9 Å². The standard InChI is InChI=1S/C20H20N2O6S/c1-14(19-21-22-20(28-19)15-8-10-16(26-2)11-9-15)27-18(23)12-13-29(24,25)17-6-4-3-5-7-17/h3-11,14H,12-13H2,1-2H3/t14-/m1/s1. The molecule has 1 aromatic heterocycles. The fourth-order valence-corrected chi connectivity index (χ4v) is 3.76. The second kappa shape index (κ2) is 8.87. The van der Waals surface area contributed by atoms with Crippen LogP contribution in [0.15, 0.2) is 63.9 Å². The van der Waals surface area contributed by atoms with Crippen molar-refractivity contribution in [3.63, 3.8) is 0 Å². The van der Waals surface area contributed by atoms with Gasteiger partial charge in [-0.2, -0.15) is 0 Å². The highest BCUT2D eigenvalue weighted by atomic mass is 32.2. The number of carbonyl (C=O) groups is 1. The molecule has 1 heterocycles. The van der Waals surface area contributed by atoms with Crippen LogP contribution in [0.25, 0.3) is 11.5 Å². The molecule has 0 aliphatic heterocycles. The largest absolute Gasteiger partial charge is 0.497 e. The molecule has 29 heavy (non-hydrogen) atoms. The molecule has 0 saturated heterocycles. The van der Waals surface area contributed by atoms with Crippen LogP contribution in [0.1, 0.15) is 25.3 Å². The fraction of sp³-hybridized carbons (Fsp3) is 0.250. The lowest BCUT2D eigenvalue weighted by molar-refractivity contribution is -0.149. The minimum absolute atomic E-state index is 0.120. The maximum atomic E-state index is 12.2. The van der Waals surface area contributed by atoms with Crippen LogP contribution in [0.2, 0.25) is 0 Å². The fourth-order valence-electron chi connectivity index (χ4n) is 2.52. The molecule has 3 aromatic rings. The van der Waals surface area contributed by atoms with Crippen molar-refractivity contribution in [3.05, 3.63) is 60.5 Å². The van der Waals surface area contributed by atoms with Gasteiger partial charge in [-0.25, -0.2) is 8.42 Å². The number of esters is 1. The Bertz CT molecular complexity index is 1060. The molecule has 2 aromatic carbocycles. The Morgan fingerprint density at radius 3 is 2.41 bits per heavy atom. The van der Waals surface area contributed by atoms with Gasteiger partial charge in [-0.05, 0) is 43.3 Å². The number of aromatic nitrogens is 2. The predicted octanol–water partition coefficient (Wildman–Crippen LogP) is 3.21. The number of nitrogens with zero attached hydrogens (tertiary/aromatic N) is 2. The molecule has 0 radical (unpaired) electrons. The van der Waals surface area contributed by atoms with Crippen LogP contribution in [0.4, 0.5) is 0 Å². The molecule has 0 spiro atoms. The van der Waals surface area contributed by atoms with Crippen molar-refractivity contribution < 1.29 is 27.1 Å². The SMILES string of the molecule is COc1ccc(-c2nnc([C@@H](C)OC(=O)CCS(=O)(=O)c3ccccc3)o2)cc1. The minimum Gasteiger partial charge on any atom is -0.497 e. The first-order valence-corrected chi connectivity index (χ1v) is 10.5. The molecule has 0 unspecified atom stereocenters. The van der Waals surface area contributed by atoms with Crippen molar-refractivity contribution in [3.8, 4) is 17.2 Å². The summed E-state index contributed by atoms with van der Waals surface area (Å²) in [4.78, 5) is 12.2. The van der Waals surface area contributed by atoms with Gasteiger partial charge in [-0.3, -0.25) is 4.79 Å². The van der Waals surface area contributed by atoms with Gasteiger partial charge in [0.1, 0.15) is 5.75 Å². The van der Waals surface area contributed by atoms with E-state index in [0.717, 1.165) is 0 Å². The van der Waals surface area contributed by atoms with Crippen LogP contribution in [-0.4, -0.2) is 37.4 Å². The van der Waals surface area contributed by atoms with Crippen molar-refractivity contribution >= 4 is 15.8 Å². The van der Waals surface area contributed by atoms with E-state index in [2.05, 4.69) is 10.2 Å². The quantitative estimate of drug-likeness (QED) is 0.515. The van der Waals surface area contributed by atoms with E-state index >= 15 is 0 Å². The highest BCUT2D eigenvalue weighted by Crippen LogP contribution is 2.24. The van der Waals surface area contributed by atoms with Gasteiger partial charge in [0.25, 0.3) is 5.89 Å². The highest BCUT2D eigenvalue weighted by molar-refractivity contribution is 7.91. The van der Waals surface area contributed by atoms with Crippen molar-refractivity contribution in [2.75, 3.05) is 12.9 Å². The molecule has 0 saturated carbocycles. The number of ether oxygens (including phenoxy) is 2. The van der Waals surface area contributed by atoms with E-state index in [4.69, 9.17) is 13.9 Å². The first-order valence-electron chi connectivity index (χ1n) is 8.84. The molecular weight excluding hydrogens is 396 g/mol. The zero-order valence-corrected chi connectivity index (χ0v) is 16.8. The lowest BCUT2D eigenvalue weighted by Gasteiger charge is -2.09. The number of benzene rings is 2. The molecule has 0 amide bonds. The van der Waals surface area contributed by atoms with E-state index in [0.29, 0.717) is 11.3 Å². The van der Waals surface area contributed by atoms with Crippen LogP contribution in [0, 0.1) is 0 Å². The lowest BCUT2D eigenvalue weighted by atomic mass is 10.2. The van der Waals surface area contributed by atoms with Gasteiger partial charge >= 0.3 is 5.97 Å². The monoisotopic (exact) mass is 416 g/mol. The maximum absolute atomic E-state index is 12.2. The van der Waals surface area contributed by atoms with E-state index < -0.39 is 21.9 Å². The smallest absolute Gasteiger partial charge is 0.307 e. The molecule has 152 valence electrons. The zero-order chi connectivity index (χ0) is 20.9. The van der Waals surface area contributed by atoms with Crippen LogP contribution < -0.4 is 4.74 Å². The molecule has 3 rings (SSSR count). The average Bonchev–Trinajstić information content (AvgIpc) is 3.23. The average molecular weight is 416 g/mol. The van der Waals surface area contributed by atoms with Gasteiger partial charge in [0.2, 0.25) is 5.89 Å². The molecule has 1 atom stereocenters. The van der Waals surface area contributed by atoms with Crippen molar-refractivity contribution in [1.82, 2.24) is 10.2 Å². The second-order valence-corrected chi connectivity index (χ2v) is 8.30. The highest BCUT2D eigenvalue weighted by Gasteiger charge is 2.21. The molecule has 8 nitrogen and oxygen atoms in total. The summed E-state index contributed by atoms with van der Waals surface area (Å²) in [5, 5.41) is 7.85. The van der Waals surface area contributed by atoms with Gasteiger partial charge in [0.15, 0.2) is 15.9 Å². The number of methoxy groups -OCH3 is 1. The van der Waals surface area contributed by atoms with E-state index in [-0.39, 0.29) is 28.9 Å². The Labute approximate surface area is 168 Å². The number of sulfone groups is 1. The van der Waals surface area contributed by atoms with Gasteiger partial charge in [0.05, 0.1) is 24.2 Å². The van der Waals surface area contributed by atoms with Crippen LogP contribution in [-0.2, 0) is 19.4 Å². The second-order valence-electron chi connectivity index (χ2n) is 6.19. The molecule has 9 heteroatoms. The summed E-state index contributed by atoms with van der Waals surface area (Å²) < 4.78 is 40.4. The molecular formula is C20H20N2O6S. The van der Waals surface area contributed by atoms with Gasteiger partial charge in [0, 0.05) is 5.56 Å². The van der Waals surface area contributed by atoms with Crippen LogP contribution in [0.3, 0.4) is 0 Å². The van der Waals surface area contributed by atoms with E-state index in [1.165, 1.54) is 12.1 Å². The summed E-state index contributed by atoms with van der Waals surface area (Å²) in [6.07, 6.45) is -1.08. The Kier molecular flexibility index (Phi) is 6.28. The van der Waals surface area contributed by atoms with Crippen molar-refractivity contribution in [1.29, 1.82) is 0 Å². The Morgan fingerprint density at radius 2 is 1.76 bits per heavy atom. The first-order chi connectivity index (χ1) is 13.9. The number of hydrogen-bond donors (Lipinski definition) is 0. The molecule has 0 aliphatic carbocycles. The third kappa shape index (κ3) is 5.20. The van der Waals surface area contributed by atoms with E-state index in [9.17, 15) is 13.2 Å². The molecule has 0 fully saturated rings. The maximum Gasteiger partial charge on any atom is 0.307 e. The van der Waals surface area contributed by atoms with Crippen molar-refractivity contribution in [2.24, 2.45) is 0 Å². The number of hydrogen-bond acceptors (Lipinski definition) is 8. The van der Waals surface area contributed by atoms with Gasteiger partial charge in [-0.1, -0.05) is 18.2 Å². The summed E-state index contributed by atoms with van der Waals surface area (Å²) in [6, 6.07) is 15.0. The summed E-state index contributed by atoms with van der Waals surface area (Å²) in [6.45, 7) is 1.58. The minimum atomic E-state index is -3.56. The number of carbonyl (C=O) groups excluding carboxylic acids is 1. The summed E-state index contributed by atoms with van der Waals surface area (Å²) >= 11 is 0. The van der Waals surface area contributed by atoms with Gasteiger partial charge in [-0.15, -0.1) is 10.2 Å². The van der Waals surface area contributed by atoms with Crippen molar-refractivity contribution in [2.45, 2.75) is 24.3 Å². The van der Waals surface area contributed by atoms with E-state index in [1.807, 2.05) is 0 Å². The third-order valence-corrected chi connectivity index (χ3v) is 5.84. The predicted molar refractivity (Wildman–Crippen MR) is 104 cm³/mol. The molecule has 0 aliphatic rings. The Hall–Kier alpha value is -3.20. The lowest BCUT2D eigenvalue weighted by Crippen LogP contribution is -2.15. The third-order valence-electron chi connectivity index (χ3n) is 4.11. The normalized spacial score (nSPS) is 12.3. The Morgan fingerprint density at radius 1 is 1.07 bits per heavy atom. The summed E-state index contributed by atoms with van der Waals surface area (Å²) in [7, 11) is -1.99. The molecule has 0 N–H and O–H groups in total.